The van der Waals surface area contributed by atoms with Crippen molar-refractivity contribution >= 4 is 37.2 Å². The third-order valence-electron chi connectivity index (χ3n) is 4.52. The largest absolute Gasteiger partial charge is 0.366 e. The quantitative estimate of drug-likeness (QED) is 0.759. The highest BCUT2D eigenvalue weighted by atomic mass is 32.2. The molecular formula is C17H18N4O2S2. The van der Waals surface area contributed by atoms with Gasteiger partial charge in [-0.05, 0) is 38.0 Å². The minimum Gasteiger partial charge on any atom is -0.366 e. The molecule has 130 valence electrons. The van der Waals surface area contributed by atoms with Gasteiger partial charge in [0.1, 0.15) is 10.6 Å². The third-order valence-corrected chi connectivity index (χ3v) is 7.39. The minimum absolute atomic E-state index is 0.107. The zero-order valence-electron chi connectivity index (χ0n) is 14.0. The molecule has 1 aliphatic heterocycles. The second kappa shape index (κ2) is 6.03. The van der Waals surface area contributed by atoms with Gasteiger partial charge >= 0.3 is 0 Å². The number of hydrogen-bond donors (Lipinski definition) is 1. The number of rotatable bonds is 3. The van der Waals surface area contributed by atoms with E-state index in [-0.39, 0.29) is 17.5 Å². The van der Waals surface area contributed by atoms with Crippen LogP contribution in [0.2, 0.25) is 0 Å². The van der Waals surface area contributed by atoms with Gasteiger partial charge in [0.25, 0.3) is 0 Å². The van der Waals surface area contributed by atoms with Crippen LogP contribution in [0.5, 0.6) is 0 Å². The van der Waals surface area contributed by atoms with Gasteiger partial charge in [-0.3, -0.25) is 4.98 Å². The highest BCUT2D eigenvalue weighted by molar-refractivity contribution is 7.91. The van der Waals surface area contributed by atoms with Gasteiger partial charge in [0.15, 0.2) is 15.7 Å². The van der Waals surface area contributed by atoms with E-state index in [1.807, 2.05) is 12.1 Å². The number of nitrogens with zero attached hydrogens (tertiary/aromatic N) is 3. The van der Waals surface area contributed by atoms with E-state index in [1.165, 1.54) is 4.88 Å². The summed E-state index contributed by atoms with van der Waals surface area (Å²) in [4.78, 5) is 15.6. The first-order chi connectivity index (χ1) is 11.9. The van der Waals surface area contributed by atoms with E-state index in [0.29, 0.717) is 18.1 Å². The third kappa shape index (κ3) is 3.11. The number of aromatic nitrogens is 3. The Labute approximate surface area is 150 Å². The van der Waals surface area contributed by atoms with Gasteiger partial charge in [0.2, 0.25) is 0 Å². The van der Waals surface area contributed by atoms with Crippen molar-refractivity contribution in [3.05, 3.63) is 35.0 Å². The first-order valence-corrected chi connectivity index (χ1v) is 10.7. The standard InChI is InChI=1S/C17H18N4O2S2/c1-10-11(2)24-17-14(10)16(19-13-5-7-25(22,23)9-13)20-15(21-17)12-4-3-6-18-8-12/h3-4,6,8,13H,5,7,9H2,1-2H3,(H,19,20,21). The smallest absolute Gasteiger partial charge is 0.164 e. The second-order valence-electron chi connectivity index (χ2n) is 6.35. The Morgan fingerprint density at radius 1 is 1.28 bits per heavy atom. The lowest BCUT2D eigenvalue weighted by atomic mass is 10.2. The average Bonchev–Trinajstić information content (AvgIpc) is 3.07. The SMILES string of the molecule is Cc1sc2nc(-c3cccnc3)nc(NC3CCS(=O)(=O)C3)c2c1C. The highest BCUT2D eigenvalue weighted by Gasteiger charge is 2.29. The molecule has 0 spiro atoms. The molecule has 6 nitrogen and oxygen atoms in total. The molecule has 0 bridgehead atoms. The molecule has 3 aromatic heterocycles. The second-order valence-corrected chi connectivity index (χ2v) is 9.78. The number of anilines is 1. The Balaban J connectivity index is 1.83. The van der Waals surface area contributed by atoms with Crippen molar-refractivity contribution in [2.45, 2.75) is 26.3 Å². The Bertz CT molecular complexity index is 1050. The van der Waals surface area contributed by atoms with Gasteiger partial charge in [-0.1, -0.05) is 0 Å². The molecule has 1 N–H and O–H groups in total. The molecular weight excluding hydrogens is 356 g/mol. The van der Waals surface area contributed by atoms with E-state index >= 15 is 0 Å². The number of nitrogens with one attached hydrogen (secondary N) is 1. The predicted molar refractivity (Wildman–Crippen MR) is 101 cm³/mol. The van der Waals surface area contributed by atoms with Crippen LogP contribution < -0.4 is 5.32 Å². The number of hydrogen-bond acceptors (Lipinski definition) is 7. The van der Waals surface area contributed by atoms with E-state index in [2.05, 4.69) is 24.1 Å². The highest BCUT2D eigenvalue weighted by Crippen LogP contribution is 2.35. The molecule has 0 aliphatic carbocycles. The van der Waals surface area contributed by atoms with Crippen molar-refractivity contribution in [1.29, 1.82) is 0 Å². The molecule has 3 aromatic rings. The molecule has 25 heavy (non-hydrogen) atoms. The van der Waals surface area contributed by atoms with E-state index in [0.717, 1.165) is 21.3 Å². The lowest BCUT2D eigenvalue weighted by molar-refractivity contribution is 0.602. The number of sulfone groups is 1. The van der Waals surface area contributed by atoms with Crippen LogP contribution in [0.4, 0.5) is 5.82 Å². The summed E-state index contributed by atoms with van der Waals surface area (Å²) in [6.07, 6.45) is 4.06. The van der Waals surface area contributed by atoms with Crippen LogP contribution in [0.1, 0.15) is 16.9 Å². The molecule has 1 saturated heterocycles. The Morgan fingerprint density at radius 2 is 2.12 bits per heavy atom. The molecule has 4 heterocycles. The van der Waals surface area contributed by atoms with Crippen LogP contribution in [-0.4, -0.2) is 40.9 Å². The lowest BCUT2D eigenvalue weighted by Crippen LogP contribution is -2.21. The van der Waals surface area contributed by atoms with Crippen LogP contribution in [0.15, 0.2) is 24.5 Å². The van der Waals surface area contributed by atoms with Crippen LogP contribution in [0.3, 0.4) is 0 Å². The fourth-order valence-electron chi connectivity index (χ4n) is 3.08. The van der Waals surface area contributed by atoms with Crippen molar-refractivity contribution in [2.75, 3.05) is 16.8 Å². The molecule has 0 saturated carbocycles. The molecule has 1 aliphatic rings. The summed E-state index contributed by atoms with van der Waals surface area (Å²) in [6.45, 7) is 4.12. The average molecular weight is 374 g/mol. The summed E-state index contributed by atoms with van der Waals surface area (Å²) in [5, 5.41) is 4.35. The van der Waals surface area contributed by atoms with Crippen LogP contribution in [0, 0.1) is 13.8 Å². The van der Waals surface area contributed by atoms with Crippen molar-refractivity contribution in [3.63, 3.8) is 0 Å². The Kier molecular flexibility index (Phi) is 3.96. The number of fused-ring (bicyclic) bond motifs is 1. The van der Waals surface area contributed by atoms with Crippen LogP contribution in [0.25, 0.3) is 21.6 Å². The maximum Gasteiger partial charge on any atom is 0.164 e. The van der Waals surface area contributed by atoms with Gasteiger partial charge < -0.3 is 5.32 Å². The fourth-order valence-corrected chi connectivity index (χ4v) is 5.78. The molecule has 1 unspecified atom stereocenters. The molecule has 1 fully saturated rings. The van der Waals surface area contributed by atoms with Crippen molar-refractivity contribution in [2.24, 2.45) is 0 Å². The molecule has 0 radical (unpaired) electrons. The van der Waals surface area contributed by atoms with Gasteiger partial charge in [0.05, 0.1) is 16.9 Å². The molecule has 8 heteroatoms. The predicted octanol–water partition coefficient (Wildman–Crippen LogP) is 2.97. The van der Waals surface area contributed by atoms with E-state index in [4.69, 9.17) is 9.97 Å². The van der Waals surface area contributed by atoms with Gasteiger partial charge in [-0.15, -0.1) is 11.3 Å². The first kappa shape index (κ1) is 16.4. The zero-order valence-corrected chi connectivity index (χ0v) is 15.6. The molecule has 1 atom stereocenters. The van der Waals surface area contributed by atoms with Crippen molar-refractivity contribution < 1.29 is 8.42 Å². The molecule has 4 rings (SSSR count). The molecule has 0 aromatic carbocycles. The Morgan fingerprint density at radius 3 is 2.80 bits per heavy atom. The van der Waals surface area contributed by atoms with E-state index in [9.17, 15) is 8.42 Å². The fraction of sp³-hybridized carbons (Fsp3) is 0.353. The van der Waals surface area contributed by atoms with Gasteiger partial charge in [-0.2, -0.15) is 0 Å². The van der Waals surface area contributed by atoms with Crippen LogP contribution >= 0.6 is 11.3 Å². The molecule has 0 amide bonds. The summed E-state index contributed by atoms with van der Waals surface area (Å²) < 4.78 is 23.6. The van der Waals surface area contributed by atoms with Crippen LogP contribution in [-0.2, 0) is 9.84 Å². The number of thiophene rings is 1. The van der Waals surface area contributed by atoms with Crippen molar-refractivity contribution in [1.82, 2.24) is 15.0 Å². The number of aryl methyl sites for hydroxylation is 2. The summed E-state index contributed by atoms with van der Waals surface area (Å²) in [5.74, 6) is 1.71. The number of pyridine rings is 1. The topological polar surface area (TPSA) is 84.8 Å². The summed E-state index contributed by atoms with van der Waals surface area (Å²) >= 11 is 1.63. The van der Waals surface area contributed by atoms with Crippen molar-refractivity contribution in [3.8, 4) is 11.4 Å². The maximum absolute atomic E-state index is 11.8. The lowest BCUT2D eigenvalue weighted by Gasteiger charge is -2.14. The summed E-state index contributed by atoms with van der Waals surface area (Å²) in [7, 11) is -2.95. The van der Waals surface area contributed by atoms with E-state index < -0.39 is 9.84 Å². The zero-order chi connectivity index (χ0) is 17.6. The Hall–Kier alpha value is -2.06. The monoisotopic (exact) mass is 374 g/mol. The maximum atomic E-state index is 11.8. The summed E-state index contributed by atoms with van der Waals surface area (Å²) in [6, 6.07) is 3.67. The summed E-state index contributed by atoms with van der Waals surface area (Å²) in [5.41, 5.74) is 1.98. The van der Waals surface area contributed by atoms with E-state index in [1.54, 1.807) is 23.7 Å². The minimum atomic E-state index is -2.95. The van der Waals surface area contributed by atoms with Gasteiger partial charge in [0, 0.05) is 28.9 Å². The normalized spacial score (nSPS) is 19.4. The first-order valence-electron chi connectivity index (χ1n) is 8.08. The van der Waals surface area contributed by atoms with Gasteiger partial charge in [-0.25, -0.2) is 18.4 Å².